The second-order valence-corrected chi connectivity index (χ2v) is 6.95. The zero-order valence-corrected chi connectivity index (χ0v) is 15.0. The van der Waals surface area contributed by atoms with Crippen molar-refractivity contribution in [1.29, 1.82) is 0 Å². The van der Waals surface area contributed by atoms with Crippen molar-refractivity contribution in [2.75, 3.05) is 6.54 Å². The lowest BCUT2D eigenvalue weighted by atomic mass is 9.80. The summed E-state index contributed by atoms with van der Waals surface area (Å²) in [6.07, 6.45) is 5.38. The molecule has 2 heteroatoms. The molecule has 0 aromatic heterocycles. The third-order valence-electron chi connectivity index (χ3n) is 4.93. The maximum Gasteiger partial charge on any atom is 0.209 e. The third kappa shape index (κ3) is 3.19. The molecule has 0 aliphatic carbocycles. The van der Waals surface area contributed by atoms with Gasteiger partial charge in [-0.25, -0.2) is 0 Å². The van der Waals surface area contributed by atoms with E-state index in [4.69, 9.17) is 0 Å². The van der Waals surface area contributed by atoms with E-state index in [0.29, 0.717) is 0 Å². The molecule has 0 spiro atoms. The first-order chi connectivity index (χ1) is 11.6. The summed E-state index contributed by atoms with van der Waals surface area (Å²) in [6.45, 7) is 8.02. The fourth-order valence-electron chi connectivity index (χ4n) is 3.56. The van der Waals surface area contributed by atoms with Crippen molar-refractivity contribution in [1.82, 2.24) is 0 Å². The number of hydrogen-bond donors (Lipinski definition) is 0. The molecule has 1 aliphatic rings. The van der Waals surface area contributed by atoms with E-state index in [1.807, 2.05) is 30.3 Å². The summed E-state index contributed by atoms with van der Waals surface area (Å²) in [5.74, 6) is 0. The van der Waals surface area contributed by atoms with Gasteiger partial charge < -0.3 is 0 Å². The topological polar surface area (TPSA) is 15.4 Å². The van der Waals surface area contributed by atoms with Crippen LogP contribution in [-0.4, -0.2) is 23.0 Å². The Morgan fingerprint density at radius 3 is 2.46 bits per heavy atom. The number of fused-ring (bicyclic) bond motifs is 1. The number of nitrogens with zero attached hydrogens (tertiary/aromatic N) is 2. The van der Waals surface area contributed by atoms with E-state index in [1.54, 1.807) is 0 Å². The van der Waals surface area contributed by atoms with Crippen LogP contribution in [0.5, 0.6) is 0 Å². The number of unbranched alkanes of at least 4 members (excludes halogenated alkanes) is 1. The van der Waals surface area contributed by atoms with Crippen LogP contribution < -0.4 is 0 Å². The fraction of sp³-hybridized carbons (Fsp3) is 0.364. The van der Waals surface area contributed by atoms with E-state index < -0.39 is 0 Å². The molecule has 0 radical (unpaired) electrons. The highest BCUT2D eigenvalue weighted by molar-refractivity contribution is 6.02. The Hall–Kier alpha value is -2.22. The molecular weight excluding hydrogens is 292 g/mol. The molecule has 1 heterocycles. The van der Waals surface area contributed by atoms with E-state index in [9.17, 15) is 0 Å². The Morgan fingerprint density at radius 1 is 1.00 bits per heavy atom. The Kier molecular flexibility index (Phi) is 4.94. The summed E-state index contributed by atoms with van der Waals surface area (Å²) in [5, 5.41) is 0. The monoisotopic (exact) mass is 319 g/mol. The molecule has 3 rings (SSSR count). The van der Waals surface area contributed by atoms with Gasteiger partial charge in [0, 0.05) is 24.3 Å². The van der Waals surface area contributed by atoms with Crippen molar-refractivity contribution in [3.05, 3.63) is 60.2 Å². The van der Waals surface area contributed by atoms with Crippen LogP contribution in [0.15, 0.2) is 59.6 Å². The standard InChI is InChI=1S/C22H27N2/c1-4-5-17-24-20-14-10-9-13-19(20)22(2,3)21(24)15-16-23-18-11-7-6-8-12-18/h6-14,16H,4-5,15,17H2,1-3H3/q+1. The van der Waals surface area contributed by atoms with Crippen molar-refractivity contribution in [3.8, 4) is 0 Å². The van der Waals surface area contributed by atoms with E-state index >= 15 is 0 Å². The minimum Gasteiger partial charge on any atom is -0.261 e. The molecule has 1 aliphatic heterocycles. The molecule has 0 fully saturated rings. The highest BCUT2D eigenvalue weighted by Crippen LogP contribution is 2.40. The largest absolute Gasteiger partial charge is 0.261 e. The van der Waals surface area contributed by atoms with Gasteiger partial charge in [0.25, 0.3) is 0 Å². The molecular formula is C22H27N2+. The van der Waals surface area contributed by atoms with Crippen LogP contribution in [0.1, 0.15) is 45.6 Å². The molecule has 0 amide bonds. The van der Waals surface area contributed by atoms with Gasteiger partial charge in [-0.05, 0) is 26.0 Å². The van der Waals surface area contributed by atoms with Crippen molar-refractivity contribution in [3.63, 3.8) is 0 Å². The molecule has 0 unspecified atom stereocenters. The van der Waals surface area contributed by atoms with Gasteiger partial charge in [-0.3, -0.25) is 4.99 Å². The zero-order chi connectivity index (χ0) is 17.0. The van der Waals surface area contributed by atoms with Crippen LogP contribution in [0.25, 0.3) is 0 Å². The average molecular weight is 319 g/mol. The van der Waals surface area contributed by atoms with E-state index in [-0.39, 0.29) is 5.41 Å². The van der Waals surface area contributed by atoms with Gasteiger partial charge >= 0.3 is 0 Å². The lowest BCUT2D eigenvalue weighted by Crippen LogP contribution is -2.30. The summed E-state index contributed by atoms with van der Waals surface area (Å²) >= 11 is 0. The number of para-hydroxylation sites is 2. The van der Waals surface area contributed by atoms with E-state index in [2.05, 4.69) is 60.8 Å². The Morgan fingerprint density at radius 2 is 1.71 bits per heavy atom. The van der Waals surface area contributed by atoms with Gasteiger partial charge in [0.1, 0.15) is 6.54 Å². The first kappa shape index (κ1) is 16.6. The lowest BCUT2D eigenvalue weighted by Gasteiger charge is -2.16. The highest BCUT2D eigenvalue weighted by Gasteiger charge is 2.44. The second-order valence-electron chi connectivity index (χ2n) is 6.95. The fourth-order valence-corrected chi connectivity index (χ4v) is 3.56. The summed E-state index contributed by atoms with van der Waals surface area (Å²) in [4.78, 5) is 4.64. The first-order valence-electron chi connectivity index (χ1n) is 8.95. The minimum absolute atomic E-state index is 0.0625. The van der Waals surface area contributed by atoms with Crippen LogP contribution in [-0.2, 0) is 5.41 Å². The summed E-state index contributed by atoms with van der Waals surface area (Å²) in [5.41, 5.74) is 5.35. The van der Waals surface area contributed by atoms with E-state index in [1.165, 1.54) is 29.8 Å². The first-order valence-corrected chi connectivity index (χ1v) is 8.95. The predicted molar refractivity (Wildman–Crippen MR) is 103 cm³/mol. The second kappa shape index (κ2) is 7.12. The summed E-state index contributed by atoms with van der Waals surface area (Å²) < 4.78 is 2.52. The van der Waals surface area contributed by atoms with Gasteiger partial charge in [0.05, 0.1) is 17.5 Å². The molecule has 0 N–H and O–H groups in total. The van der Waals surface area contributed by atoms with Gasteiger partial charge in [-0.1, -0.05) is 49.7 Å². The lowest BCUT2D eigenvalue weighted by molar-refractivity contribution is -0.440. The maximum absolute atomic E-state index is 4.64. The SMILES string of the molecule is CCCC[N+]1=C(CC=Nc2ccccc2)C(C)(C)c2ccccc21. The van der Waals surface area contributed by atoms with Crippen LogP contribution in [0, 0.1) is 0 Å². The van der Waals surface area contributed by atoms with Crippen molar-refractivity contribution >= 4 is 23.3 Å². The van der Waals surface area contributed by atoms with Crippen molar-refractivity contribution in [2.24, 2.45) is 4.99 Å². The predicted octanol–water partition coefficient (Wildman–Crippen LogP) is 5.66. The quantitative estimate of drug-likeness (QED) is 0.482. The van der Waals surface area contributed by atoms with Crippen LogP contribution >= 0.6 is 0 Å². The number of hydrogen-bond acceptors (Lipinski definition) is 1. The smallest absolute Gasteiger partial charge is 0.209 e. The highest BCUT2D eigenvalue weighted by atomic mass is 15.1. The minimum atomic E-state index is 0.0625. The molecule has 2 nitrogen and oxygen atoms in total. The van der Waals surface area contributed by atoms with Crippen molar-refractivity contribution in [2.45, 2.75) is 45.4 Å². The number of aliphatic imine (C=N–C) groups is 1. The van der Waals surface area contributed by atoms with E-state index in [0.717, 1.165) is 18.7 Å². The third-order valence-corrected chi connectivity index (χ3v) is 4.93. The molecule has 124 valence electrons. The summed E-state index contributed by atoms with van der Waals surface area (Å²) in [7, 11) is 0. The van der Waals surface area contributed by atoms with Gasteiger partial charge in [-0.2, -0.15) is 4.58 Å². The maximum atomic E-state index is 4.64. The molecule has 0 atom stereocenters. The molecule has 24 heavy (non-hydrogen) atoms. The van der Waals surface area contributed by atoms with Gasteiger partial charge in [-0.15, -0.1) is 0 Å². The molecule has 2 aromatic carbocycles. The number of benzene rings is 2. The van der Waals surface area contributed by atoms with Crippen LogP contribution in [0.3, 0.4) is 0 Å². The average Bonchev–Trinajstić information content (AvgIpc) is 2.82. The Bertz CT molecular complexity index is 755. The molecule has 0 bridgehead atoms. The van der Waals surface area contributed by atoms with Gasteiger partial charge in [0.15, 0.2) is 5.71 Å². The molecule has 0 saturated carbocycles. The molecule has 2 aromatic rings. The van der Waals surface area contributed by atoms with Crippen molar-refractivity contribution < 1.29 is 4.58 Å². The zero-order valence-electron chi connectivity index (χ0n) is 15.0. The van der Waals surface area contributed by atoms with Gasteiger partial charge in [0.2, 0.25) is 5.69 Å². The normalized spacial score (nSPS) is 16.0. The Balaban J connectivity index is 1.91. The van der Waals surface area contributed by atoms with Crippen LogP contribution in [0.4, 0.5) is 11.4 Å². The Labute approximate surface area is 145 Å². The number of rotatable bonds is 6. The molecule has 0 saturated heterocycles. The van der Waals surface area contributed by atoms with Crippen LogP contribution in [0.2, 0.25) is 0 Å². The summed E-state index contributed by atoms with van der Waals surface area (Å²) in [6, 6.07) is 19.0.